The van der Waals surface area contributed by atoms with Crippen molar-refractivity contribution in [3.05, 3.63) is 0 Å². The lowest BCUT2D eigenvalue weighted by molar-refractivity contribution is -0.280. The van der Waals surface area contributed by atoms with Crippen LogP contribution in [0.15, 0.2) is 0 Å². The number of rotatable bonds is 2. The summed E-state index contributed by atoms with van der Waals surface area (Å²) in [7, 11) is -4.91. The summed E-state index contributed by atoms with van der Waals surface area (Å²) in [5.74, 6) is 0. The maximum atomic E-state index is 11.7. The molecule has 0 aliphatic carbocycles. The number of halogens is 4. The van der Waals surface area contributed by atoms with E-state index in [1.54, 1.807) is 0 Å². The van der Waals surface area contributed by atoms with Crippen LogP contribution in [0.3, 0.4) is 0 Å². The van der Waals surface area contributed by atoms with Crippen molar-refractivity contribution >= 4 is 7.91 Å². The first-order valence-electron chi connectivity index (χ1n) is 1.90. The molecule has 0 N–H and O–H groups in total. The van der Waals surface area contributed by atoms with Crippen LogP contribution in [-0.2, 0) is 13.6 Å². The fourth-order valence-electron chi connectivity index (χ4n) is 0.161. The van der Waals surface area contributed by atoms with Crippen molar-refractivity contribution in [2.24, 2.45) is 0 Å². The molecule has 1 atom stereocenters. The van der Waals surface area contributed by atoms with Crippen LogP contribution in [0.2, 0.25) is 0 Å². The third kappa shape index (κ3) is 4.72. The summed E-state index contributed by atoms with van der Waals surface area (Å²) in [6.07, 6.45) is -5.28. The minimum absolute atomic E-state index is 0.506. The van der Waals surface area contributed by atoms with E-state index in [2.05, 4.69) is 9.05 Å². The first-order chi connectivity index (χ1) is 4.27. The Labute approximate surface area is 53.6 Å². The van der Waals surface area contributed by atoms with Crippen LogP contribution in [-0.4, -0.2) is 13.5 Å². The zero-order chi connectivity index (χ0) is 8.41. The Morgan fingerprint density at radius 2 is 1.80 bits per heavy atom. The largest absolute Gasteiger partial charge is 0.531 e. The van der Waals surface area contributed by atoms with Crippen LogP contribution >= 0.6 is 7.91 Å². The highest BCUT2D eigenvalue weighted by atomic mass is 31.2. The monoisotopic (exact) mass is 182 g/mol. The average molecular weight is 182 g/mol. The lowest BCUT2D eigenvalue weighted by atomic mass is 11.4. The molecule has 0 rings (SSSR count). The van der Waals surface area contributed by atoms with Crippen molar-refractivity contribution in [2.75, 3.05) is 7.11 Å². The Kier molecular flexibility index (Phi) is 2.82. The fourth-order valence-corrected chi connectivity index (χ4v) is 0.483. The Morgan fingerprint density at radius 3 is 1.90 bits per heavy atom. The van der Waals surface area contributed by atoms with Gasteiger partial charge in [-0.25, -0.2) is 4.57 Å². The zero-order valence-corrected chi connectivity index (χ0v) is 5.58. The smallest absolute Gasteiger partial charge is 0.287 e. The molecule has 62 valence electrons. The van der Waals surface area contributed by atoms with Gasteiger partial charge in [0.1, 0.15) is 0 Å². The van der Waals surface area contributed by atoms with Crippen molar-refractivity contribution in [3.63, 3.8) is 0 Å². The van der Waals surface area contributed by atoms with Gasteiger partial charge in [0, 0.05) is 7.11 Å². The molecule has 0 aliphatic heterocycles. The van der Waals surface area contributed by atoms with Gasteiger partial charge in [0.25, 0.3) is 0 Å². The SMILES string of the molecule is COP(=O)(F)OC(F)(F)F. The molecule has 0 heterocycles. The third-order valence-corrected chi connectivity index (χ3v) is 1.29. The van der Waals surface area contributed by atoms with Crippen molar-refractivity contribution in [2.45, 2.75) is 6.36 Å². The Hall–Kier alpha value is -0.130. The van der Waals surface area contributed by atoms with Crippen LogP contribution in [0.1, 0.15) is 0 Å². The molecule has 0 aromatic heterocycles. The standard InChI is InChI=1S/C2H3F4O3P/c1-8-10(6,7)9-2(3,4)5/h1H3. The summed E-state index contributed by atoms with van der Waals surface area (Å²) < 4.78 is 60.2. The molecule has 0 radical (unpaired) electrons. The van der Waals surface area contributed by atoms with E-state index in [9.17, 15) is 21.9 Å². The van der Waals surface area contributed by atoms with Gasteiger partial charge in [-0.2, -0.15) is 4.52 Å². The van der Waals surface area contributed by atoms with Crippen LogP contribution in [0.4, 0.5) is 17.4 Å². The number of alkyl halides is 3. The molecule has 3 nitrogen and oxygen atoms in total. The summed E-state index contributed by atoms with van der Waals surface area (Å²) in [5, 5.41) is 0. The first kappa shape index (κ1) is 9.87. The second-order valence-corrected chi connectivity index (χ2v) is 2.56. The maximum absolute atomic E-state index is 11.7. The van der Waals surface area contributed by atoms with Crippen LogP contribution in [0.25, 0.3) is 0 Å². The predicted molar refractivity (Wildman–Crippen MR) is 22.9 cm³/mol. The van der Waals surface area contributed by atoms with Crippen LogP contribution < -0.4 is 0 Å². The van der Waals surface area contributed by atoms with E-state index in [1.165, 1.54) is 0 Å². The molecule has 0 aliphatic rings. The molecule has 0 aromatic carbocycles. The lowest BCUT2D eigenvalue weighted by Crippen LogP contribution is -2.10. The van der Waals surface area contributed by atoms with E-state index < -0.39 is 14.3 Å². The molecule has 0 saturated heterocycles. The highest BCUT2D eigenvalue weighted by molar-refractivity contribution is 7.48. The number of hydrogen-bond donors (Lipinski definition) is 0. The van der Waals surface area contributed by atoms with E-state index in [0.717, 1.165) is 0 Å². The van der Waals surface area contributed by atoms with E-state index in [-0.39, 0.29) is 0 Å². The average Bonchev–Trinajstić information content (AvgIpc) is 1.60. The van der Waals surface area contributed by atoms with E-state index >= 15 is 0 Å². The van der Waals surface area contributed by atoms with Gasteiger partial charge in [0.05, 0.1) is 0 Å². The summed E-state index contributed by atoms with van der Waals surface area (Å²) in [5.41, 5.74) is 0. The Morgan fingerprint density at radius 1 is 1.40 bits per heavy atom. The second-order valence-electron chi connectivity index (χ2n) is 1.15. The molecule has 8 heteroatoms. The molecule has 0 fully saturated rings. The van der Waals surface area contributed by atoms with Crippen molar-refractivity contribution < 1.29 is 31.0 Å². The van der Waals surface area contributed by atoms with Crippen molar-refractivity contribution in [1.29, 1.82) is 0 Å². The fraction of sp³-hybridized carbons (Fsp3) is 1.00. The van der Waals surface area contributed by atoms with Crippen LogP contribution in [0.5, 0.6) is 0 Å². The highest BCUT2D eigenvalue weighted by Crippen LogP contribution is 2.53. The minimum atomic E-state index is -5.42. The van der Waals surface area contributed by atoms with Gasteiger partial charge in [-0.05, 0) is 0 Å². The number of hydrogen-bond acceptors (Lipinski definition) is 3. The van der Waals surface area contributed by atoms with Gasteiger partial charge in [-0.15, -0.1) is 17.4 Å². The van der Waals surface area contributed by atoms with E-state index in [1.807, 2.05) is 0 Å². The molecule has 0 bridgehead atoms. The van der Waals surface area contributed by atoms with Gasteiger partial charge in [0.2, 0.25) is 0 Å². The van der Waals surface area contributed by atoms with Crippen molar-refractivity contribution in [3.8, 4) is 0 Å². The topological polar surface area (TPSA) is 35.5 Å². The molecular weight excluding hydrogens is 179 g/mol. The lowest BCUT2D eigenvalue weighted by Gasteiger charge is -2.08. The summed E-state index contributed by atoms with van der Waals surface area (Å²) in [6.45, 7) is 0. The highest BCUT2D eigenvalue weighted by Gasteiger charge is 2.41. The normalized spacial score (nSPS) is 18.5. The molecular formula is C2H3F4O3P. The quantitative estimate of drug-likeness (QED) is 0.485. The minimum Gasteiger partial charge on any atom is -0.287 e. The predicted octanol–water partition coefficient (Wildman–Crippen LogP) is 2.25. The van der Waals surface area contributed by atoms with Crippen LogP contribution in [0, 0.1) is 0 Å². The molecule has 0 saturated carbocycles. The molecule has 10 heavy (non-hydrogen) atoms. The van der Waals surface area contributed by atoms with Gasteiger partial charge in [0.15, 0.2) is 0 Å². The Bertz CT molecular complexity index is 153. The zero-order valence-electron chi connectivity index (χ0n) is 4.68. The van der Waals surface area contributed by atoms with E-state index in [0.29, 0.717) is 7.11 Å². The van der Waals surface area contributed by atoms with Gasteiger partial charge < -0.3 is 0 Å². The summed E-state index contributed by atoms with van der Waals surface area (Å²) in [4.78, 5) is 0. The summed E-state index contributed by atoms with van der Waals surface area (Å²) in [6, 6.07) is 0. The van der Waals surface area contributed by atoms with Gasteiger partial charge in [-0.3, -0.25) is 4.52 Å². The molecule has 0 amide bonds. The molecule has 0 spiro atoms. The second kappa shape index (κ2) is 2.86. The summed E-state index contributed by atoms with van der Waals surface area (Å²) >= 11 is 0. The molecule has 1 unspecified atom stereocenters. The first-order valence-corrected chi connectivity index (χ1v) is 3.33. The van der Waals surface area contributed by atoms with Gasteiger partial charge >= 0.3 is 14.3 Å². The Balaban J connectivity index is 4.03. The van der Waals surface area contributed by atoms with Crippen molar-refractivity contribution in [1.82, 2.24) is 0 Å². The molecule has 0 aromatic rings. The third-order valence-electron chi connectivity index (χ3n) is 0.431. The van der Waals surface area contributed by atoms with E-state index in [4.69, 9.17) is 0 Å². The van der Waals surface area contributed by atoms with Gasteiger partial charge in [-0.1, -0.05) is 0 Å². The maximum Gasteiger partial charge on any atom is 0.531 e.